The summed E-state index contributed by atoms with van der Waals surface area (Å²) in [6.45, 7) is 0. The Kier molecular flexibility index (Phi) is 4.08. The molecule has 0 aliphatic rings. The second-order valence-electron chi connectivity index (χ2n) is 5.24. The number of pyridine rings is 1. The molecule has 8 heteroatoms. The van der Waals surface area contributed by atoms with E-state index in [4.69, 9.17) is 0 Å². The lowest BCUT2D eigenvalue weighted by Crippen LogP contribution is -2.18. The van der Waals surface area contributed by atoms with Crippen LogP contribution in [0.1, 0.15) is 10.5 Å². The summed E-state index contributed by atoms with van der Waals surface area (Å²) in [7, 11) is -0.651. The van der Waals surface area contributed by atoms with Crippen molar-refractivity contribution in [3.63, 3.8) is 0 Å². The molecule has 0 spiro atoms. The highest BCUT2D eigenvalue weighted by Crippen LogP contribution is 2.19. The van der Waals surface area contributed by atoms with Gasteiger partial charge in [0, 0.05) is 30.5 Å². The predicted molar refractivity (Wildman–Crippen MR) is 91.4 cm³/mol. The second-order valence-corrected chi connectivity index (χ2v) is 7.13. The van der Waals surface area contributed by atoms with E-state index in [9.17, 15) is 13.2 Å². The van der Waals surface area contributed by atoms with Gasteiger partial charge in [0.25, 0.3) is 5.91 Å². The largest absolute Gasteiger partial charge is 0.345 e. The van der Waals surface area contributed by atoms with E-state index < -0.39 is 15.9 Å². The van der Waals surface area contributed by atoms with E-state index >= 15 is 0 Å². The van der Waals surface area contributed by atoms with E-state index in [0.717, 1.165) is 10.9 Å². The molecular formula is C16H16N4O3S. The highest BCUT2D eigenvalue weighted by molar-refractivity contribution is 7.89. The van der Waals surface area contributed by atoms with Crippen molar-refractivity contribution < 1.29 is 13.2 Å². The SMILES string of the molecule is CNS(=O)(=O)c1cc(C(=O)Nc2ccc3ncccc3c2)n(C)c1. The fraction of sp³-hybridized carbons (Fsp3) is 0.125. The molecule has 0 radical (unpaired) electrons. The zero-order valence-electron chi connectivity index (χ0n) is 13.1. The summed E-state index contributed by atoms with van der Waals surface area (Å²) in [6, 6.07) is 10.4. The average molecular weight is 344 g/mol. The number of sulfonamides is 1. The molecule has 0 bridgehead atoms. The Morgan fingerprint density at radius 2 is 2.00 bits per heavy atom. The molecule has 0 aliphatic heterocycles. The minimum absolute atomic E-state index is 0.0420. The predicted octanol–water partition coefficient (Wildman–Crippen LogP) is 1.73. The summed E-state index contributed by atoms with van der Waals surface area (Å²) in [6.07, 6.45) is 3.10. The van der Waals surface area contributed by atoms with Crippen LogP contribution in [0, 0.1) is 0 Å². The highest BCUT2D eigenvalue weighted by atomic mass is 32.2. The number of hydrogen-bond acceptors (Lipinski definition) is 4. The summed E-state index contributed by atoms with van der Waals surface area (Å²) in [5.74, 6) is -0.390. The van der Waals surface area contributed by atoms with Crippen LogP contribution in [0.3, 0.4) is 0 Å². The van der Waals surface area contributed by atoms with Gasteiger partial charge in [0.05, 0.1) is 5.52 Å². The smallest absolute Gasteiger partial charge is 0.272 e. The van der Waals surface area contributed by atoms with Crippen molar-refractivity contribution in [2.45, 2.75) is 4.90 Å². The monoisotopic (exact) mass is 344 g/mol. The van der Waals surface area contributed by atoms with Crippen LogP contribution in [0.4, 0.5) is 5.69 Å². The molecule has 0 atom stereocenters. The summed E-state index contributed by atoms with van der Waals surface area (Å²) < 4.78 is 27.4. The number of anilines is 1. The number of nitrogens with one attached hydrogen (secondary N) is 2. The van der Waals surface area contributed by atoms with Crippen molar-refractivity contribution >= 4 is 32.5 Å². The van der Waals surface area contributed by atoms with Gasteiger partial charge < -0.3 is 9.88 Å². The van der Waals surface area contributed by atoms with Crippen LogP contribution < -0.4 is 10.0 Å². The molecule has 1 aromatic carbocycles. The van der Waals surface area contributed by atoms with Crippen LogP contribution in [0.25, 0.3) is 10.9 Å². The van der Waals surface area contributed by atoms with Gasteiger partial charge >= 0.3 is 0 Å². The Morgan fingerprint density at radius 3 is 2.75 bits per heavy atom. The molecule has 0 unspecified atom stereocenters. The van der Waals surface area contributed by atoms with Gasteiger partial charge in [-0.2, -0.15) is 0 Å². The molecule has 0 fully saturated rings. The van der Waals surface area contributed by atoms with Crippen LogP contribution >= 0.6 is 0 Å². The first kappa shape index (κ1) is 16.2. The quantitative estimate of drug-likeness (QED) is 0.754. The number of hydrogen-bond donors (Lipinski definition) is 2. The lowest BCUT2D eigenvalue weighted by Gasteiger charge is -2.07. The van der Waals surface area contributed by atoms with Crippen molar-refractivity contribution in [3.8, 4) is 0 Å². The number of rotatable bonds is 4. The van der Waals surface area contributed by atoms with Gasteiger partial charge in [0.2, 0.25) is 10.0 Å². The van der Waals surface area contributed by atoms with Crippen molar-refractivity contribution in [3.05, 3.63) is 54.5 Å². The van der Waals surface area contributed by atoms with E-state index in [0.29, 0.717) is 5.69 Å². The Balaban J connectivity index is 1.89. The van der Waals surface area contributed by atoms with E-state index in [1.54, 1.807) is 19.3 Å². The van der Waals surface area contributed by atoms with Gasteiger partial charge in [-0.15, -0.1) is 0 Å². The number of amides is 1. The summed E-state index contributed by atoms with van der Waals surface area (Å²) >= 11 is 0. The second kappa shape index (κ2) is 6.06. The third-order valence-electron chi connectivity index (χ3n) is 3.65. The Hall–Kier alpha value is -2.71. The van der Waals surface area contributed by atoms with Crippen molar-refractivity contribution in [2.75, 3.05) is 12.4 Å². The molecule has 7 nitrogen and oxygen atoms in total. The van der Waals surface area contributed by atoms with Gasteiger partial charge in [0.1, 0.15) is 10.6 Å². The molecule has 2 N–H and O–H groups in total. The fourth-order valence-electron chi connectivity index (χ4n) is 2.37. The maximum Gasteiger partial charge on any atom is 0.272 e. The molecule has 2 heterocycles. The average Bonchev–Trinajstić information content (AvgIpc) is 2.97. The number of fused-ring (bicyclic) bond motifs is 1. The van der Waals surface area contributed by atoms with Gasteiger partial charge in [-0.1, -0.05) is 6.07 Å². The lowest BCUT2D eigenvalue weighted by atomic mass is 10.2. The lowest BCUT2D eigenvalue weighted by molar-refractivity contribution is 0.101. The van der Waals surface area contributed by atoms with Gasteiger partial charge in [0.15, 0.2) is 0 Å². The first-order valence-electron chi connectivity index (χ1n) is 7.17. The molecule has 1 amide bonds. The standard InChI is InChI=1S/C16H16N4O3S/c1-17-24(22,23)13-9-15(20(2)10-13)16(21)19-12-5-6-14-11(8-12)4-3-7-18-14/h3-10,17H,1-2H3,(H,19,21). The number of nitrogens with zero attached hydrogens (tertiary/aromatic N) is 2. The van der Waals surface area contributed by atoms with E-state index in [2.05, 4.69) is 15.0 Å². The van der Waals surface area contributed by atoms with Crippen LogP contribution in [-0.2, 0) is 17.1 Å². The number of benzene rings is 1. The summed E-state index contributed by atoms with van der Waals surface area (Å²) in [4.78, 5) is 16.7. The molecule has 0 saturated heterocycles. The molecule has 3 aromatic rings. The van der Waals surface area contributed by atoms with Gasteiger partial charge in [-0.3, -0.25) is 9.78 Å². The molecule has 124 valence electrons. The van der Waals surface area contributed by atoms with Crippen molar-refractivity contribution in [1.29, 1.82) is 0 Å². The minimum atomic E-state index is -3.59. The number of carbonyl (C=O) groups excluding carboxylic acids is 1. The molecular weight excluding hydrogens is 328 g/mol. The molecule has 0 aliphatic carbocycles. The number of aryl methyl sites for hydroxylation is 1. The van der Waals surface area contributed by atoms with Crippen LogP contribution in [-0.4, -0.2) is 30.9 Å². The molecule has 0 saturated carbocycles. The van der Waals surface area contributed by atoms with Crippen LogP contribution in [0.5, 0.6) is 0 Å². The Bertz CT molecular complexity index is 1020. The number of aromatic nitrogens is 2. The van der Waals surface area contributed by atoms with Crippen molar-refractivity contribution in [1.82, 2.24) is 14.3 Å². The third-order valence-corrected chi connectivity index (χ3v) is 5.03. The zero-order valence-corrected chi connectivity index (χ0v) is 14.0. The molecule has 24 heavy (non-hydrogen) atoms. The Morgan fingerprint density at radius 1 is 1.21 bits per heavy atom. The topological polar surface area (TPSA) is 93.1 Å². The van der Waals surface area contributed by atoms with Gasteiger partial charge in [-0.05, 0) is 37.4 Å². The normalized spacial score (nSPS) is 11.6. The third kappa shape index (κ3) is 3.01. The first-order chi connectivity index (χ1) is 11.4. The maximum atomic E-state index is 12.4. The van der Waals surface area contributed by atoms with Crippen LogP contribution in [0.2, 0.25) is 0 Å². The molecule has 2 aromatic heterocycles. The van der Waals surface area contributed by atoms with E-state index in [-0.39, 0.29) is 10.6 Å². The minimum Gasteiger partial charge on any atom is -0.345 e. The van der Waals surface area contributed by atoms with E-state index in [1.165, 1.54) is 23.9 Å². The maximum absolute atomic E-state index is 12.4. The van der Waals surface area contributed by atoms with E-state index in [1.807, 2.05) is 24.3 Å². The number of carbonyl (C=O) groups is 1. The summed E-state index contributed by atoms with van der Waals surface area (Å²) in [5, 5.41) is 3.67. The molecule has 3 rings (SSSR count). The Labute approximate surface area is 139 Å². The highest BCUT2D eigenvalue weighted by Gasteiger charge is 2.19. The zero-order chi connectivity index (χ0) is 17.3. The van der Waals surface area contributed by atoms with Crippen molar-refractivity contribution in [2.24, 2.45) is 7.05 Å². The summed E-state index contributed by atoms with van der Waals surface area (Å²) in [5.41, 5.74) is 1.69. The first-order valence-corrected chi connectivity index (χ1v) is 8.65. The fourth-order valence-corrected chi connectivity index (χ4v) is 3.17. The van der Waals surface area contributed by atoms with Gasteiger partial charge in [-0.25, -0.2) is 13.1 Å². The van der Waals surface area contributed by atoms with Crippen LogP contribution in [0.15, 0.2) is 53.7 Å².